The molecule has 0 unspecified atom stereocenters. The maximum absolute atomic E-state index is 13.4. The predicted molar refractivity (Wildman–Crippen MR) is 125 cm³/mol. The van der Waals surface area contributed by atoms with Crippen molar-refractivity contribution in [3.05, 3.63) is 23.8 Å². The Hall–Kier alpha value is -3.10. The molecule has 0 spiro atoms. The number of carbonyl (C=O) groups is 4. The lowest BCUT2D eigenvalue weighted by Gasteiger charge is -2.29. The normalized spacial score (nSPS) is 17.1. The molecule has 1 aromatic rings. The number of hydrazine groups is 2. The quantitative estimate of drug-likeness (QED) is 0.398. The van der Waals surface area contributed by atoms with E-state index in [0.29, 0.717) is 6.42 Å². The lowest BCUT2D eigenvalue weighted by Crippen LogP contribution is -2.57. The van der Waals surface area contributed by atoms with Gasteiger partial charge in [0, 0.05) is 19.3 Å². The molecule has 0 bridgehead atoms. The largest absolute Gasteiger partial charge is 0.397 e. The Morgan fingerprint density at radius 2 is 1.58 bits per heavy atom. The van der Waals surface area contributed by atoms with Crippen molar-refractivity contribution >= 4 is 35.0 Å². The molecule has 0 heterocycles. The first kappa shape index (κ1) is 24.5. The summed E-state index contributed by atoms with van der Waals surface area (Å²) in [4.78, 5) is 50.8. The summed E-state index contributed by atoms with van der Waals surface area (Å²) >= 11 is 0. The molecule has 0 atom stereocenters. The Morgan fingerprint density at radius 3 is 2.21 bits per heavy atom. The van der Waals surface area contributed by atoms with Gasteiger partial charge in [0.15, 0.2) is 0 Å². The van der Waals surface area contributed by atoms with E-state index in [-0.39, 0.29) is 46.5 Å². The standard InChI is InChI=1S/C24H35N5O4/c1-16(30)26-22-19(13-8-14-20(22)25)24(33)29(28-23(32)18-11-6-3-7-12-18)27-21(31)15-17-9-4-2-5-10-17/h8,13-14,17-18H,2-7,9-12,15,25H2,1H3,(H,26,30)(H,27,31)(H,28,32). The zero-order valence-corrected chi connectivity index (χ0v) is 19.3. The zero-order chi connectivity index (χ0) is 23.8. The molecule has 9 heteroatoms. The van der Waals surface area contributed by atoms with Crippen LogP contribution in [0.2, 0.25) is 0 Å². The molecule has 0 radical (unpaired) electrons. The molecule has 2 saturated carbocycles. The van der Waals surface area contributed by atoms with Gasteiger partial charge in [-0.15, -0.1) is 0 Å². The van der Waals surface area contributed by atoms with Crippen LogP contribution >= 0.6 is 0 Å². The van der Waals surface area contributed by atoms with Crippen molar-refractivity contribution in [3.8, 4) is 0 Å². The van der Waals surface area contributed by atoms with E-state index in [1.807, 2.05) is 0 Å². The second kappa shape index (κ2) is 11.7. The molecule has 0 aliphatic heterocycles. The van der Waals surface area contributed by atoms with Crippen molar-refractivity contribution in [2.24, 2.45) is 11.8 Å². The number of hydrogen-bond donors (Lipinski definition) is 4. The highest BCUT2D eigenvalue weighted by Crippen LogP contribution is 2.27. The van der Waals surface area contributed by atoms with Gasteiger partial charge >= 0.3 is 0 Å². The molecule has 2 fully saturated rings. The molecular formula is C24H35N5O4. The van der Waals surface area contributed by atoms with Crippen LogP contribution < -0.4 is 21.9 Å². The first-order chi connectivity index (χ1) is 15.8. The van der Waals surface area contributed by atoms with E-state index in [4.69, 9.17) is 5.73 Å². The molecule has 0 saturated heterocycles. The van der Waals surface area contributed by atoms with E-state index in [9.17, 15) is 19.2 Å². The second-order valence-corrected chi connectivity index (χ2v) is 9.15. The van der Waals surface area contributed by atoms with Gasteiger partial charge in [0.1, 0.15) is 0 Å². The Kier molecular flexibility index (Phi) is 8.68. The smallest absolute Gasteiger partial charge is 0.293 e. The van der Waals surface area contributed by atoms with Crippen LogP contribution in [0.1, 0.15) is 87.9 Å². The summed E-state index contributed by atoms with van der Waals surface area (Å²) < 4.78 is 0. The Labute approximate surface area is 194 Å². The molecule has 2 aliphatic rings. The SMILES string of the molecule is CC(=O)Nc1c(N)cccc1C(=O)N(NC(=O)CC1CCCCC1)NC(=O)C1CCCCC1. The lowest BCUT2D eigenvalue weighted by atomic mass is 9.87. The summed E-state index contributed by atoms with van der Waals surface area (Å²) in [6.07, 6.45) is 10.1. The first-order valence-corrected chi connectivity index (χ1v) is 12.0. The zero-order valence-electron chi connectivity index (χ0n) is 19.3. The van der Waals surface area contributed by atoms with Crippen LogP contribution in [0.25, 0.3) is 0 Å². The third kappa shape index (κ3) is 6.94. The summed E-state index contributed by atoms with van der Waals surface area (Å²) in [7, 11) is 0. The summed E-state index contributed by atoms with van der Waals surface area (Å²) in [6, 6.07) is 4.64. The van der Waals surface area contributed by atoms with E-state index in [2.05, 4.69) is 16.2 Å². The lowest BCUT2D eigenvalue weighted by molar-refractivity contribution is -0.135. The van der Waals surface area contributed by atoms with E-state index >= 15 is 0 Å². The topological polar surface area (TPSA) is 134 Å². The minimum Gasteiger partial charge on any atom is -0.397 e. The molecular weight excluding hydrogens is 422 g/mol. The van der Waals surface area contributed by atoms with Gasteiger partial charge in [-0.1, -0.05) is 44.6 Å². The van der Waals surface area contributed by atoms with Crippen molar-refractivity contribution in [2.45, 2.75) is 77.6 Å². The van der Waals surface area contributed by atoms with Crippen LogP contribution in [0.5, 0.6) is 0 Å². The highest BCUT2D eigenvalue weighted by molar-refractivity contribution is 6.07. The van der Waals surface area contributed by atoms with Crippen molar-refractivity contribution < 1.29 is 19.2 Å². The average Bonchev–Trinajstić information content (AvgIpc) is 2.80. The van der Waals surface area contributed by atoms with Gasteiger partial charge in [-0.05, 0) is 43.7 Å². The number of nitrogens with one attached hydrogen (secondary N) is 3. The summed E-state index contributed by atoms with van der Waals surface area (Å²) in [5, 5.41) is 3.44. The van der Waals surface area contributed by atoms with Crippen LogP contribution in [0, 0.1) is 11.8 Å². The highest BCUT2D eigenvalue weighted by atomic mass is 16.2. The highest BCUT2D eigenvalue weighted by Gasteiger charge is 2.29. The van der Waals surface area contributed by atoms with Gasteiger partial charge in [0.05, 0.1) is 16.9 Å². The second-order valence-electron chi connectivity index (χ2n) is 9.15. The average molecular weight is 458 g/mol. The fraction of sp³-hybridized carbons (Fsp3) is 0.583. The van der Waals surface area contributed by atoms with Crippen molar-refractivity contribution in [2.75, 3.05) is 11.1 Å². The van der Waals surface area contributed by atoms with Gasteiger partial charge in [0.2, 0.25) is 17.7 Å². The van der Waals surface area contributed by atoms with E-state index in [1.165, 1.54) is 19.4 Å². The number of hydrogen-bond acceptors (Lipinski definition) is 5. The number of carbonyl (C=O) groups excluding carboxylic acids is 4. The molecule has 4 amide bonds. The fourth-order valence-electron chi connectivity index (χ4n) is 4.70. The Bertz CT molecular complexity index is 876. The summed E-state index contributed by atoms with van der Waals surface area (Å²) in [5.41, 5.74) is 11.6. The van der Waals surface area contributed by atoms with Crippen LogP contribution in [-0.4, -0.2) is 28.7 Å². The van der Waals surface area contributed by atoms with Crippen LogP contribution in [-0.2, 0) is 14.4 Å². The van der Waals surface area contributed by atoms with E-state index in [0.717, 1.165) is 62.9 Å². The molecule has 33 heavy (non-hydrogen) atoms. The van der Waals surface area contributed by atoms with E-state index < -0.39 is 5.91 Å². The molecule has 2 aliphatic carbocycles. The molecule has 0 aromatic heterocycles. The van der Waals surface area contributed by atoms with Gasteiger partial charge in [-0.25, -0.2) is 10.9 Å². The van der Waals surface area contributed by atoms with Crippen LogP contribution in [0.3, 0.4) is 0 Å². The van der Waals surface area contributed by atoms with E-state index in [1.54, 1.807) is 12.1 Å². The van der Waals surface area contributed by atoms with Gasteiger partial charge in [-0.2, -0.15) is 5.12 Å². The maximum Gasteiger partial charge on any atom is 0.293 e. The minimum atomic E-state index is -0.674. The van der Waals surface area contributed by atoms with Crippen molar-refractivity contribution in [1.82, 2.24) is 16.0 Å². The number of benzene rings is 1. The molecule has 1 aromatic carbocycles. The third-order valence-corrected chi connectivity index (χ3v) is 6.46. The summed E-state index contributed by atoms with van der Waals surface area (Å²) in [6.45, 7) is 1.31. The van der Waals surface area contributed by atoms with Crippen molar-refractivity contribution in [1.29, 1.82) is 0 Å². The van der Waals surface area contributed by atoms with Gasteiger partial charge in [-0.3, -0.25) is 19.2 Å². The summed E-state index contributed by atoms with van der Waals surface area (Å²) in [5.74, 6) is -1.63. The number of nitrogen functional groups attached to an aromatic ring is 1. The van der Waals surface area contributed by atoms with Crippen molar-refractivity contribution in [3.63, 3.8) is 0 Å². The molecule has 5 N–H and O–H groups in total. The number of rotatable bonds is 5. The number of nitrogens with zero attached hydrogens (tertiary/aromatic N) is 1. The van der Waals surface area contributed by atoms with Gasteiger partial charge in [0.25, 0.3) is 5.91 Å². The number of nitrogens with two attached hydrogens (primary N) is 1. The minimum absolute atomic E-state index is 0.0760. The first-order valence-electron chi connectivity index (χ1n) is 12.0. The number of anilines is 2. The Balaban J connectivity index is 1.80. The third-order valence-electron chi connectivity index (χ3n) is 6.46. The van der Waals surface area contributed by atoms with Crippen LogP contribution in [0.15, 0.2) is 18.2 Å². The molecule has 180 valence electrons. The number of amides is 4. The number of para-hydroxylation sites is 1. The molecule has 9 nitrogen and oxygen atoms in total. The predicted octanol–water partition coefficient (Wildman–Crippen LogP) is 3.28. The van der Waals surface area contributed by atoms with Gasteiger partial charge < -0.3 is 11.1 Å². The van der Waals surface area contributed by atoms with Crippen LogP contribution in [0.4, 0.5) is 11.4 Å². The fourth-order valence-corrected chi connectivity index (χ4v) is 4.70. The monoisotopic (exact) mass is 457 g/mol. The Morgan fingerprint density at radius 1 is 0.939 bits per heavy atom. The molecule has 3 rings (SSSR count). The maximum atomic E-state index is 13.4.